The second kappa shape index (κ2) is 3.09. The monoisotopic (exact) mass is 176 g/mol. The normalized spacial score (nSPS) is 20.5. The highest BCUT2D eigenvalue weighted by atomic mass is 35.5. The van der Waals surface area contributed by atoms with E-state index in [9.17, 15) is 9.59 Å². The van der Waals surface area contributed by atoms with Crippen molar-refractivity contribution in [3.05, 3.63) is 0 Å². The van der Waals surface area contributed by atoms with Crippen molar-refractivity contribution in [2.75, 3.05) is 6.54 Å². The summed E-state index contributed by atoms with van der Waals surface area (Å²) >= 11 is 5.55. The number of hydrogen-bond donors (Lipinski definition) is 1. The molecule has 1 unspecified atom stereocenters. The number of nitrogens with two attached hydrogens (primary N) is 1. The Balaban J connectivity index is 2.59. The molecule has 2 amide bonds. The van der Waals surface area contributed by atoms with Gasteiger partial charge in [0.15, 0.2) is 5.50 Å². The first-order valence-corrected chi connectivity index (χ1v) is 3.79. The molecule has 62 valence electrons. The highest BCUT2D eigenvalue weighted by Crippen LogP contribution is 2.15. The van der Waals surface area contributed by atoms with E-state index in [1.54, 1.807) is 0 Å². The van der Waals surface area contributed by atoms with Crippen LogP contribution in [-0.2, 0) is 9.59 Å². The van der Waals surface area contributed by atoms with E-state index in [-0.39, 0.29) is 5.91 Å². The summed E-state index contributed by atoms with van der Waals surface area (Å²) in [6.07, 6.45) is 1.23. The molecule has 1 aliphatic rings. The van der Waals surface area contributed by atoms with Crippen molar-refractivity contribution in [3.8, 4) is 0 Å². The van der Waals surface area contributed by atoms with Crippen LogP contribution in [0.25, 0.3) is 0 Å². The number of carbonyl (C=O) groups is 2. The summed E-state index contributed by atoms with van der Waals surface area (Å²) in [7, 11) is 0. The highest BCUT2D eigenvalue weighted by molar-refractivity contribution is 6.31. The molecular formula is C6H9ClN2O2. The lowest BCUT2D eigenvalue weighted by atomic mass is 10.4. The highest BCUT2D eigenvalue weighted by Gasteiger charge is 2.29. The molecule has 2 N–H and O–H groups in total. The van der Waals surface area contributed by atoms with Crippen molar-refractivity contribution in [2.24, 2.45) is 5.73 Å². The van der Waals surface area contributed by atoms with Crippen LogP contribution in [0.15, 0.2) is 0 Å². The molecule has 5 heteroatoms. The van der Waals surface area contributed by atoms with Crippen molar-refractivity contribution in [3.63, 3.8) is 0 Å². The third-order valence-electron chi connectivity index (χ3n) is 1.62. The fourth-order valence-corrected chi connectivity index (χ4v) is 1.27. The van der Waals surface area contributed by atoms with Gasteiger partial charge >= 0.3 is 0 Å². The lowest BCUT2D eigenvalue weighted by Gasteiger charge is -2.18. The van der Waals surface area contributed by atoms with Crippen LogP contribution >= 0.6 is 11.6 Å². The molecular weight excluding hydrogens is 168 g/mol. The Labute approximate surface area is 69.3 Å². The molecule has 0 aliphatic carbocycles. The number of halogens is 1. The Bertz CT molecular complexity index is 195. The summed E-state index contributed by atoms with van der Waals surface area (Å²) in [5.41, 5.74) is 3.95. The van der Waals surface area contributed by atoms with Crippen LogP contribution in [0.1, 0.15) is 12.8 Å². The van der Waals surface area contributed by atoms with E-state index >= 15 is 0 Å². The standard InChI is InChI=1S/C6H9ClN2O2/c7-5(6(8)11)9-3-1-2-4(9)10/h5H,1-3H2,(H2,8,11). The predicted molar refractivity (Wildman–Crippen MR) is 39.8 cm³/mol. The number of amides is 2. The molecule has 1 atom stereocenters. The van der Waals surface area contributed by atoms with Gasteiger partial charge in [0, 0.05) is 13.0 Å². The number of nitrogens with zero attached hydrogens (tertiary/aromatic N) is 1. The first kappa shape index (κ1) is 8.33. The third-order valence-corrected chi connectivity index (χ3v) is 2.07. The second-order valence-corrected chi connectivity index (χ2v) is 2.84. The van der Waals surface area contributed by atoms with Crippen molar-refractivity contribution < 1.29 is 9.59 Å². The minimum Gasteiger partial charge on any atom is -0.367 e. The first-order chi connectivity index (χ1) is 5.13. The molecule has 1 aliphatic heterocycles. The summed E-state index contributed by atoms with van der Waals surface area (Å²) in [6.45, 7) is 0.538. The van der Waals surface area contributed by atoms with Gasteiger partial charge in [0.25, 0.3) is 5.91 Å². The van der Waals surface area contributed by atoms with Gasteiger partial charge in [0.2, 0.25) is 5.91 Å². The maximum absolute atomic E-state index is 11.0. The number of primary amides is 1. The molecule has 0 bridgehead atoms. The second-order valence-electron chi connectivity index (χ2n) is 2.43. The van der Waals surface area contributed by atoms with Crippen LogP contribution in [0.3, 0.4) is 0 Å². The van der Waals surface area contributed by atoms with Crippen molar-refractivity contribution in [1.82, 2.24) is 4.90 Å². The fraction of sp³-hybridized carbons (Fsp3) is 0.667. The average Bonchev–Trinajstić information content (AvgIpc) is 2.33. The Hall–Kier alpha value is -0.770. The predicted octanol–water partition coefficient (Wildman–Crippen LogP) is -0.341. The average molecular weight is 177 g/mol. The first-order valence-electron chi connectivity index (χ1n) is 3.36. The summed E-state index contributed by atoms with van der Waals surface area (Å²) in [5.74, 6) is -0.759. The molecule has 1 heterocycles. The van der Waals surface area contributed by atoms with E-state index in [0.29, 0.717) is 13.0 Å². The van der Waals surface area contributed by atoms with E-state index < -0.39 is 11.4 Å². The zero-order chi connectivity index (χ0) is 8.43. The Morgan fingerprint density at radius 3 is 2.73 bits per heavy atom. The molecule has 11 heavy (non-hydrogen) atoms. The Morgan fingerprint density at radius 2 is 2.36 bits per heavy atom. The largest absolute Gasteiger partial charge is 0.367 e. The quantitative estimate of drug-likeness (QED) is 0.462. The molecule has 0 aromatic rings. The molecule has 0 aromatic heterocycles. The van der Waals surface area contributed by atoms with Crippen LogP contribution in [0, 0.1) is 0 Å². The zero-order valence-corrected chi connectivity index (χ0v) is 6.67. The van der Waals surface area contributed by atoms with Gasteiger partial charge in [-0.15, -0.1) is 0 Å². The van der Waals surface area contributed by atoms with Crippen LogP contribution < -0.4 is 5.73 Å². The van der Waals surface area contributed by atoms with Gasteiger partial charge < -0.3 is 10.6 Å². The maximum Gasteiger partial charge on any atom is 0.255 e. The SMILES string of the molecule is NC(=O)C(Cl)N1CCCC1=O. The van der Waals surface area contributed by atoms with Crippen molar-refractivity contribution in [2.45, 2.75) is 18.3 Å². The van der Waals surface area contributed by atoms with Gasteiger partial charge in [-0.1, -0.05) is 11.6 Å². The number of rotatable bonds is 2. The van der Waals surface area contributed by atoms with E-state index in [1.807, 2.05) is 0 Å². The van der Waals surface area contributed by atoms with E-state index in [2.05, 4.69) is 0 Å². The minimum absolute atomic E-state index is 0.0937. The molecule has 4 nitrogen and oxygen atoms in total. The van der Waals surface area contributed by atoms with Gasteiger partial charge in [0.05, 0.1) is 0 Å². The fourth-order valence-electron chi connectivity index (χ4n) is 1.06. The molecule has 0 radical (unpaired) electrons. The molecule has 1 rings (SSSR count). The van der Waals surface area contributed by atoms with E-state index in [1.165, 1.54) is 4.90 Å². The van der Waals surface area contributed by atoms with Crippen molar-refractivity contribution in [1.29, 1.82) is 0 Å². The molecule has 1 saturated heterocycles. The maximum atomic E-state index is 11.0. The molecule has 0 saturated carbocycles. The summed E-state index contributed by atoms with van der Waals surface area (Å²) in [6, 6.07) is 0. The van der Waals surface area contributed by atoms with Crippen LogP contribution in [-0.4, -0.2) is 28.8 Å². The smallest absolute Gasteiger partial charge is 0.255 e. The van der Waals surface area contributed by atoms with E-state index in [0.717, 1.165) is 6.42 Å². The van der Waals surface area contributed by atoms with Crippen LogP contribution in [0.4, 0.5) is 0 Å². The summed E-state index contributed by atoms with van der Waals surface area (Å²) < 4.78 is 0. The number of likely N-dealkylation sites (tertiary alicyclic amines) is 1. The molecule has 1 fully saturated rings. The topological polar surface area (TPSA) is 63.4 Å². The summed E-state index contributed by atoms with van der Waals surface area (Å²) in [5, 5.41) is 0. The third kappa shape index (κ3) is 1.63. The number of alkyl halides is 1. The number of carbonyl (C=O) groups excluding carboxylic acids is 2. The molecule has 0 aromatic carbocycles. The lowest BCUT2D eigenvalue weighted by Crippen LogP contribution is -2.41. The van der Waals surface area contributed by atoms with Gasteiger partial charge in [-0.05, 0) is 6.42 Å². The number of hydrogen-bond acceptors (Lipinski definition) is 2. The minimum atomic E-state index is -0.968. The Morgan fingerprint density at radius 1 is 1.73 bits per heavy atom. The van der Waals surface area contributed by atoms with Crippen LogP contribution in [0.2, 0.25) is 0 Å². The summed E-state index contributed by atoms with van der Waals surface area (Å²) in [4.78, 5) is 22.8. The molecule has 0 spiro atoms. The van der Waals surface area contributed by atoms with Gasteiger partial charge in [-0.2, -0.15) is 0 Å². The Kier molecular flexibility index (Phi) is 2.34. The van der Waals surface area contributed by atoms with Gasteiger partial charge in [0.1, 0.15) is 0 Å². The van der Waals surface area contributed by atoms with Crippen LogP contribution in [0.5, 0.6) is 0 Å². The zero-order valence-electron chi connectivity index (χ0n) is 5.92. The van der Waals surface area contributed by atoms with Gasteiger partial charge in [-0.3, -0.25) is 9.59 Å². The van der Waals surface area contributed by atoms with Gasteiger partial charge in [-0.25, -0.2) is 0 Å². The van der Waals surface area contributed by atoms with Crippen molar-refractivity contribution >= 4 is 23.4 Å². The lowest BCUT2D eigenvalue weighted by molar-refractivity contribution is -0.133. The van der Waals surface area contributed by atoms with E-state index in [4.69, 9.17) is 17.3 Å².